The van der Waals surface area contributed by atoms with Crippen molar-refractivity contribution in [3.63, 3.8) is 0 Å². The Bertz CT molecular complexity index is 866. The summed E-state index contributed by atoms with van der Waals surface area (Å²) in [4.78, 5) is 28.6. The Morgan fingerprint density at radius 2 is 1.96 bits per heavy atom. The zero-order valence-electron chi connectivity index (χ0n) is 14.4. The van der Waals surface area contributed by atoms with Crippen LogP contribution in [0.4, 0.5) is 15.8 Å². The van der Waals surface area contributed by atoms with Gasteiger partial charge in [-0.25, -0.2) is 4.39 Å². The van der Waals surface area contributed by atoms with Crippen LogP contribution < -0.4 is 14.5 Å². The van der Waals surface area contributed by atoms with E-state index in [0.29, 0.717) is 30.9 Å². The first kappa shape index (κ1) is 16.6. The highest BCUT2D eigenvalue weighted by Crippen LogP contribution is 2.33. The number of benzene rings is 2. The van der Waals surface area contributed by atoms with Crippen LogP contribution >= 0.6 is 0 Å². The number of anilines is 2. The molecule has 2 amide bonds. The van der Waals surface area contributed by atoms with Crippen LogP contribution in [0.1, 0.15) is 12.0 Å². The molecule has 6 heteroatoms. The summed E-state index contributed by atoms with van der Waals surface area (Å²) in [5.41, 5.74) is 2.35. The fourth-order valence-electron chi connectivity index (χ4n) is 3.69. The van der Waals surface area contributed by atoms with Crippen LogP contribution in [0.2, 0.25) is 0 Å². The first-order valence-electron chi connectivity index (χ1n) is 8.61. The van der Waals surface area contributed by atoms with E-state index in [0.717, 1.165) is 11.3 Å². The average molecular weight is 354 g/mol. The molecule has 0 radical (unpaired) electrons. The Morgan fingerprint density at radius 1 is 1.19 bits per heavy atom. The second-order valence-electron chi connectivity index (χ2n) is 6.62. The van der Waals surface area contributed by atoms with Gasteiger partial charge in [-0.15, -0.1) is 0 Å². The molecule has 4 rings (SSSR count). The first-order chi connectivity index (χ1) is 12.6. The van der Waals surface area contributed by atoms with Gasteiger partial charge in [0.1, 0.15) is 11.6 Å². The molecule has 2 aliphatic heterocycles. The number of carbonyl (C=O) groups is 2. The summed E-state index contributed by atoms with van der Waals surface area (Å²) >= 11 is 0. The summed E-state index contributed by atoms with van der Waals surface area (Å²) in [6, 6.07) is 11.7. The van der Waals surface area contributed by atoms with Gasteiger partial charge in [0.25, 0.3) is 0 Å². The van der Waals surface area contributed by atoms with Gasteiger partial charge in [-0.2, -0.15) is 0 Å². The van der Waals surface area contributed by atoms with Crippen molar-refractivity contribution >= 4 is 23.2 Å². The molecule has 26 heavy (non-hydrogen) atoms. The smallest absolute Gasteiger partial charge is 0.232 e. The summed E-state index contributed by atoms with van der Waals surface area (Å²) < 4.78 is 18.7. The van der Waals surface area contributed by atoms with E-state index in [4.69, 9.17) is 4.74 Å². The number of hydrogen-bond donors (Lipinski definition) is 0. The lowest BCUT2D eigenvalue weighted by Crippen LogP contribution is -2.36. The Labute approximate surface area is 151 Å². The lowest BCUT2D eigenvalue weighted by Gasteiger charge is -2.22. The molecule has 0 spiro atoms. The number of rotatable bonds is 3. The predicted octanol–water partition coefficient (Wildman–Crippen LogP) is 2.78. The van der Waals surface area contributed by atoms with Crippen LogP contribution in [-0.2, 0) is 16.0 Å². The van der Waals surface area contributed by atoms with E-state index >= 15 is 0 Å². The van der Waals surface area contributed by atoms with Gasteiger partial charge in [-0.3, -0.25) is 9.59 Å². The number of fused-ring (bicyclic) bond motifs is 1. The minimum Gasteiger partial charge on any atom is -0.497 e. The van der Waals surface area contributed by atoms with Crippen molar-refractivity contribution in [2.75, 3.05) is 30.0 Å². The maximum Gasteiger partial charge on any atom is 0.232 e. The molecule has 134 valence electrons. The van der Waals surface area contributed by atoms with E-state index in [9.17, 15) is 14.0 Å². The molecule has 2 aliphatic rings. The van der Waals surface area contributed by atoms with E-state index in [2.05, 4.69) is 0 Å². The second kappa shape index (κ2) is 6.44. The minimum atomic E-state index is -0.418. The molecule has 1 saturated heterocycles. The van der Waals surface area contributed by atoms with Gasteiger partial charge in [0, 0.05) is 30.9 Å². The molecular weight excluding hydrogens is 335 g/mol. The zero-order valence-corrected chi connectivity index (χ0v) is 14.4. The third-order valence-electron chi connectivity index (χ3n) is 5.07. The predicted molar refractivity (Wildman–Crippen MR) is 95.9 cm³/mol. The molecule has 1 unspecified atom stereocenters. The maximum atomic E-state index is 13.6. The Balaban J connectivity index is 1.52. The van der Waals surface area contributed by atoms with Crippen LogP contribution in [0.15, 0.2) is 42.5 Å². The summed E-state index contributed by atoms with van der Waals surface area (Å²) in [6.07, 6.45) is 0.885. The van der Waals surface area contributed by atoms with Gasteiger partial charge >= 0.3 is 0 Å². The van der Waals surface area contributed by atoms with Crippen LogP contribution in [-0.4, -0.2) is 32.0 Å². The van der Waals surface area contributed by atoms with Crippen molar-refractivity contribution in [1.82, 2.24) is 0 Å². The number of amides is 2. The molecule has 2 heterocycles. The van der Waals surface area contributed by atoms with Crippen molar-refractivity contribution < 1.29 is 18.7 Å². The van der Waals surface area contributed by atoms with E-state index in [1.165, 1.54) is 12.1 Å². The average Bonchev–Trinajstić information content (AvgIpc) is 3.24. The number of methoxy groups -OCH3 is 1. The zero-order chi connectivity index (χ0) is 18.3. The summed E-state index contributed by atoms with van der Waals surface area (Å²) in [7, 11) is 1.58. The van der Waals surface area contributed by atoms with Gasteiger partial charge < -0.3 is 14.5 Å². The third-order valence-corrected chi connectivity index (χ3v) is 5.07. The van der Waals surface area contributed by atoms with Crippen molar-refractivity contribution in [2.24, 2.45) is 5.92 Å². The molecule has 0 aliphatic carbocycles. The molecule has 0 bridgehead atoms. The molecule has 0 aromatic heterocycles. The summed E-state index contributed by atoms with van der Waals surface area (Å²) in [6.45, 7) is 0.871. The molecule has 1 fully saturated rings. The van der Waals surface area contributed by atoms with Crippen LogP contribution in [0.3, 0.4) is 0 Å². The highest BCUT2D eigenvalue weighted by atomic mass is 19.1. The standard InChI is InChI=1S/C20H19FN2O3/c1-26-17-6-4-16(5-7-17)23-12-14(10-19(23)24)20(25)22-9-8-13-2-3-15(21)11-18(13)22/h2-7,11,14H,8-10,12H2,1H3. The first-order valence-corrected chi connectivity index (χ1v) is 8.61. The van der Waals surface area contributed by atoms with Gasteiger partial charge in [-0.05, 0) is 48.4 Å². The molecule has 2 aromatic carbocycles. The number of hydrogen-bond acceptors (Lipinski definition) is 3. The lowest BCUT2D eigenvalue weighted by molar-refractivity contribution is -0.124. The van der Waals surface area contributed by atoms with Crippen molar-refractivity contribution in [1.29, 1.82) is 0 Å². The molecule has 0 N–H and O–H groups in total. The summed E-state index contributed by atoms with van der Waals surface area (Å²) in [5, 5.41) is 0. The minimum absolute atomic E-state index is 0.0767. The Hall–Kier alpha value is -2.89. The van der Waals surface area contributed by atoms with Crippen molar-refractivity contribution in [2.45, 2.75) is 12.8 Å². The molecule has 1 atom stereocenters. The van der Waals surface area contributed by atoms with Gasteiger partial charge in [-0.1, -0.05) is 6.07 Å². The number of halogens is 1. The second-order valence-corrected chi connectivity index (χ2v) is 6.62. The topological polar surface area (TPSA) is 49.9 Å². The van der Waals surface area contributed by atoms with Crippen molar-refractivity contribution in [3.8, 4) is 5.75 Å². The highest BCUT2D eigenvalue weighted by Gasteiger charge is 2.39. The van der Waals surface area contributed by atoms with Crippen molar-refractivity contribution in [3.05, 3.63) is 53.8 Å². The Kier molecular flexibility index (Phi) is 4.11. The van der Waals surface area contributed by atoms with Crippen LogP contribution in [0.25, 0.3) is 0 Å². The van der Waals surface area contributed by atoms with Crippen LogP contribution in [0.5, 0.6) is 5.75 Å². The number of ether oxygens (including phenoxy) is 1. The van der Waals surface area contributed by atoms with Gasteiger partial charge in [0.05, 0.1) is 13.0 Å². The highest BCUT2D eigenvalue weighted by molar-refractivity contribution is 6.05. The van der Waals surface area contributed by atoms with E-state index in [1.54, 1.807) is 35.1 Å². The molecule has 0 saturated carbocycles. The molecular formula is C20H19FN2O3. The summed E-state index contributed by atoms with van der Waals surface area (Å²) in [5.74, 6) is -0.251. The number of carbonyl (C=O) groups excluding carboxylic acids is 2. The van der Waals surface area contributed by atoms with E-state index in [1.807, 2.05) is 12.1 Å². The fraction of sp³-hybridized carbons (Fsp3) is 0.300. The van der Waals surface area contributed by atoms with E-state index in [-0.39, 0.29) is 24.1 Å². The monoisotopic (exact) mass is 354 g/mol. The normalized spacial score (nSPS) is 19.0. The third kappa shape index (κ3) is 2.81. The quantitative estimate of drug-likeness (QED) is 0.852. The fourth-order valence-corrected chi connectivity index (χ4v) is 3.69. The molecule has 2 aromatic rings. The molecule has 5 nitrogen and oxygen atoms in total. The lowest BCUT2D eigenvalue weighted by atomic mass is 10.1. The van der Waals surface area contributed by atoms with Gasteiger partial charge in [0.2, 0.25) is 11.8 Å². The van der Waals surface area contributed by atoms with Gasteiger partial charge in [0.15, 0.2) is 0 Å². The maximum absolute atomic E-state index is 13.6. The largest absolute Gasteiger partial charge is 0.497 e. The van der Waals surface area contributed by atoms with E-state index < -0.39 is 5.92 Å². The Morgan fingerprint density at radius 3 is 2.69 bits per heavy atom. The number of nitrogens with zero attached hydrogens (tertiary/aromatic N) is 2. The van der Waals surface area contributed by atoms with Crippen LogP contribution in [0, 0.1) is 11.7 Å². The SMILES string of the molecule is COc1ccc(N2CC(C(=O)N3CCc4ccc(F)cc43)CC2=O)cc1.